The summed E-state index contributed by atoms with van der Waals surface area (Å²) in [7, 11) is 3.04. The lowest BCUT2D eigenvalue weighted by atomic mass is 10.1. The lowest BCUT2D eigenvalue weighted by Crippen LogP contribution is -2.01. The molecule has 0 heterocycles. The Morgan fingerprint density at radius 3 is 2.43 bits per heavy atom. The van der Waals surface area contributed by atoms with E-state index in [0.717, 1.165) is 12.8 Å². The molecule has 0 amide bonds. The first kappa shape index (κ1) is 16.8. The Kier molecular flexibility index (Phi) is 6.52. The van der Waals surface area contributed by atoms with Crippen LogP contribution in [0.4, 0.5) is 0 Å². The average Bonchev–Trinajstić information content (AvgIpc) is 2.47. The van der Waals surface area contributed by atoms with Gasteiger partial charge in [0, 0.05) is 24.6 Å². The zero-order chi connectivity index (χ0) is 15.8. The van der Waals surface area contributed by atoms with Gasteiger partial charge in [-0.2, -0.15) is 0 Å². The predicted molar refractivity (Wildman–Crippen MR) is 80.6 cm³/mol. The van der Waals surface area contributed by atoms with Crippen molar-refractivity contribution in [3.05, 3.63) is 33.5 Å². The summed E-state index contributed by atoms with van der Waals surface area (Å²) < 4.78 is 16.2. The maximum Gasteiger partial charge on any atom is 0.243 e. The van der Waals surface area contributed by atoms with E-state index in [1.54, 1.807) is 12.1 Å². The second kappa shape index (κ2) is 8.14. The number of methoxy groups -OCH3 is 2. The second-order valence-corrected chi connectivity index (χ2v) is 4.49. The number of unbranched alkanes of at least 4 members (excludes halogenated alkanes) is 1. The van der Waals surface area contributed by atoms with Crippen LogP contribution in [-0.4, -0.2) is 25.7 Å². The molecule has 0 aliphatic carbocycles. The zero-order valence-corrected chi connectivity index (χ0v) is 12.8. The smallest absolute Gasteiger partial charge is 0.243 e. The third-order valence-electron chi connectivity index (χ3n) is 2.92. The summed E-state index contributed by atoms with van der Waals surface area (Å²) in [4.78, 5) is 10.3. The first-order valence-corrected chi connectivity index (χ1v) is 6.75. The topological polar surface area (TPSA) is 70.8 Å². The van der Waals surface area contributed by atoms with Crippen LogP contribution in [0.3, 0.4) is 0 Å². The summed E-state index contributed by atoms with van der Waals surface area (Å²) in [5.74, 6) is 1.59. The van der Waals surface area contributed by atoms with Crippen LogP contribution in [0.15, 0.2) is 17.8 Å². The molecule has 0 atom stereocenters. The highest BCUT2D eigenvalue weighted by molar-refractivity contribution is 5.64. The van der Waals surface area contributed by atoms with Crippen LogP contribution in [0.2, 0.25) is 0 Å². The Labute approximate surface area is 124 Å². The molecule has 1 rings (SSSR count). The van der Waals surface area contributed by atoms with Gasteiger partial charge < -0.3 is 14.2 Å². The molecule has 1 aromatic carbocycles. The number of hydrogen-bond donors (Lipinski definition) is 0. The number of nitro groups is 1. The minimum atomic E-state index is -0.447. The van der Waals surface area contributed by atoms with Crippen molar-refractivity contribution in [1.29, 1.82) is 0 Å². The van der Waals surface area contributed by atoms with Gasteiger partial charge in [-0.15, -0.1) is 0 Å². The third-order valence-corrected chi connectivity index (χ3v) is 2.92. The predicted octanol–water partition coefficient (Wildman–Crippen LogP) is 3.52. The maximum absolute atomic E-state index is 10.7. The molecule has 6 nitrogen and oxygen atoms in total. The summed E-state index contributed by atoms with van der Waals surface area (Å²) in [6.07, 6.45) is 3.41. The molecule has 0 N–H and O–H groups in total. The fourth-order valence-corrected chi connectivity index (χ4v) is 1.72. The fraction of sp³-hybridized carbons (Fsp3) is 0.467. The van der Waals surface area contributed by atoms with Crippen molar-refractivity contribution >= 4 is 6.08 Å². The minimum absolute atomic E-state index is 0.0232. The molecule has 0 aliphatic heterocycles. The molecule has 0 radical (unpaired) electrons. The van der Waals surface area contributed by atoms with Crippen LogP contribution < -0.4 is 14.2 Å². The van der Waals surface area contributed by atoms with Gasteiger partial charge in [0.1, 0.15) is 5.75 Å². The number of nitrogens with zero attached hydrogens (tertiary/aromatic N) is 1. The molecular weight excluding hydrogens is 274 g/mol. The number of ether oxygens (including phenoxy) is 3. The Balaban J connectivity index is 3.16. The van der Waals surface area contributed by atoms with Crippen molar-refractivity contribution in [1.82, 2.24) is 0 Å². The summed E-state index contributed by atoms with van der Waals surface area (Å²) in [6.45, 7) is 4.09. The van der Waals surface area contributed by atoms with Crippen LogP contribution in [0.5, 0.6) is 17.2 Å². The number of rotatable bonds is 8. The number of benzene rings is 1. The monoisotopic (exact) mass is 295 g/mol. The fourth-order valence-electron chi connectivity index (χ4n) is 1.72. The molecule has 1 aromatic rings. The molecule has 0 fully saturated rings. The first-order valence-electron chi connectivity index (χ1n) is 6.75. The minimum Gasteiger partial charge on any atom is -0.496 e. The van der Waals surface area contributed by atoms with Crippen LogP contribution in [0, 0.1) is 10.1 Å². The van der Waals surface area contributed by atoms with Crippen molar-refractivity contribution in [2.45, 2.75) is 26.7 Å². The Bertz CT molecular complexity index is 525. The van der Waals surface area contributed by atoms with Crippen molar-refractivity contribution in [3.63, 3.8) is 0 Å². The SMILES string of the molecule is CCCCOc1cc(OC)c(C=C(C)[N+](=O)[O-])cc1OC. The van der Waals surface area contributed by atoms with Gasteiger partial charge in [0.25, 0.3) is 0 Å². The molecule has 0 saturated carbocycles. The maximum atomic E-state index is 10.7. The highest BCUT2D eigenvalue weighted by Crippen LogP contribution is 2.36. The van der Waals surface area contributed by atoms with Crippen molar-refractivity contribution in [2.24, 2.45) is 0 Å². The van der Waals surface area contributed by atoms with E-state index in [1.807, 2.05) is 0 Å². The Morgan fingerprint density at radius 2 is 1.90 bits per heavy atom. The highest BCUT2D eigenvalue weighted by atomic mass is 16.6. The van der Waals surface area contributed by atoms with Crippen molar-refractivity contribution in [2.75, 3.05) is 20.8 Å². The van der Waals surface area contributed by atoms with E-state index in [-0.39, 0.29) is 5.70 Å². The molecule has 6 heteroatoms. The van der Waals surface area contributed by atoms with Gasteiger partial charge in [-0.1, -0.05) is 13.3 Å². The van der Waals surface area contributed by atoms with E-state index in [0.29, 0.717) is 29.4 Å². The summed E-state index contributed by atoms with van der Waals surface area (Å²) in [5.41, 5.74) is 0.599. The van der Waals surface area contributed by atoms with Gasteiger partial charge in [0.2, 0.25) is 5.70 Å². The largest absolute Gasteiger partial charge is 0.496 e. The molecule has 0 spiro atoms. The molecule has 116 valence electrons. The van der Waals surface area contributed by atoms with Gasteiger partial charge in [-0.05, 0) is 12.5 Å². The van der Waals surface area contributed by atoms with E-state index >= 15 is 0 Å². The lowest BCUT2D eigenvalue weighted by Gasteiger charge is -2.14. The summed E-state index contributed by atoms with van der Waals surface area (Å²) >= 11 is 0. The van der Waals surface area contributed by atoms with Crippen molar-refractivity contribution in [3.8, 4) is 17.2 Å². The molecule has 0 saturated heterocycles. The van der Waals surface area contributed by atoms with Gasteiger partial charge in [-0.3, -0.25) is 10.1 Å². The zero-order valence-electron chi connectivity index (χ0n) is 12.8. The average molecular weight is 295 g/mol. The van der Waals surface area contributed by atoms with E-state index in [9.17, 15) is 10.1 Å². The van der Waals surface area contributed by atoms with Crippen LogP contribution >= 0.6 is 0 Å². The van der Waals surface area contributed by atoms with Gasteiger partial charge >= 0.3 is 0 Å². The molecule has 0 aliphatic rings. The molecule has 21 heavy (non-hydrogen) atoms. The Morgan fingerprint density at radius 1 is 1.24 bits per heavy atom. The molecule has 0 unspecified atom stereocenters. The van der Waals surface area contributed by atoms with E-state index < -0.39 is 4.92 Å². The van der Waals surface area contributed by atoms with Gasteiger partial charge in [-0.25, -0.2) is 0 Å². The van der Waals surface area contributed by atoms with E-state index in [4.69, 9.17) is 14.2 Å². The van der Waals surface area contributed by atoms with Gasteiger partial charge in [0.15, 0.2) is 11.5 Å². The third kappa shape index (κ3) is 4.66. The van der Waals surface area contributed by atoms with Gasteiger partial charge in [0.05, 0.1) is 25.7 Å². The van der Waals surface area contributed by atoms with Crippen LogP contribution in [0.1, 0.15) is 32.3 Å². The van der Waals surface area contributed by atoms with E-state index in [2.05, 4.69) is 6.92 Å². The summed E-state index contributed by atoms with van der Waals surface area (Å²) in [5, 5.41) is 10.7. The standard InChI is InChI=1S/C15H21NO5/c1-5-6-7-21-15-10-13(19-3)12(9-14(15)20-4)8-11(2)16(17)18/h8-10H,5-7H2,1-4H3. The van der Waals surface area contributed by atoms with Crippen molar-refractivity contribution < 1.29 is 19.1 Å². The molecular formula is C15H21NO5. The lowest BCUT2D eigenvalue weighted by molar-refractivity contribution is -0.422. The first-order chi connectivity index (χ1) is 10.0. The normalized spacial score (nSPS) is 11.1. The summed E-state index contributed by atoms with van der Waals surface area (Å²) in [6, 6.07) is 3.36. The Hall–Kier alpha value is -2.24. The number of allylic oxidation sites excluding steroid dienone is 1. The van der Waals surface area contributed by atoms with Crippen LogP contribution in [0.25, 0.3) is 6.08 Å². The number of hydrogen-bond acceptors (Lipinski definition) is 5. The quantitative estimate of drug-likeness (QED) is 0.417. The molecule has 0 aromatic heterocycles. The van der Waals surface area contributed by atoms with Crippen LogP contribution in [-0.2, 0) is 0 Å². The van der Waals surface area contributed by atoms with E-state index in [1.165, 1.54) is 27.2 Å². The highest BCUT2D eigenvalue weighted by Gasteiger charge is 2.13. The second-order valence-electron chi connectivity index (χ2n) is 4.49. The molecule has 0 bridgehead atoms.